The van der Waals surface area contributed by atoms with Crippen molar-refractivity contribution in [2.24, 2.45) is 5.92 Å². The molecule has 0 radical (unpaired) electrons. The highest BCUT2D eigenvalue weighted by Gasteiger charge is 2.23. The molecule has 0 saturated heterocycles. The molecule has 2 heterocycles. The fourth-order valence-corrected chi connectivity index (χ4v) is 4.47. The average molecular weight is 482 g/mol. The topological polar surface area (TPSA) is 53.7 Å². The second-order valence-electron chi connectivity index (χ2n) is 9.62. The summed E-state index contributed by atoms with van der Waals surface area (Å²) in [6, 6.07) is 9.05. The summed E-state index contributed by atoms with van der Waals surface area (Å²) in [5, 5.41) is 4.72. The van der Waals surface area contributed by atoms with E-state index in [9.17, 15) is 4.79 Å². The molecule has 0 aliphatic carbocycles. The summed E-state index contributed by atoms with van der Waals surface area (Å²) in [7, 11) is 0. The lowest BCUT2D eigenvalue weighted by atomic mass is 10.1. The Bertz CT molecular complexity index is 1150. The van der Waals surface area contributed by atoms with Crippen LogP contribution in [0.25, 0.3) is 16.9 Å². The number of aromatic nitrogens is 3. The molecule has 0 unspecified atom stereocenters. The number of carbonyl (C=O) groups excluding carboxylic acids is 1. The lowest BCUT2D eigenvalue weighted by Crippen LogP contribution is -2.39. The van der Waals surface area contributed by atoms with Crippen LogP contribution in [0.4, 0.5) is 10.1 Å². The molecule has 0 spiro atoms. The SMILES string of the molecule is CCCN(C(=O)c1cc(CC(C)C)n2nc(-c3ccc(N(CC)CC)cc3F)cc2n1)[C@H](C)CC. The van der Waals surface area contributed by atoms with Crippen LogP contribution in [-0.4, -0.2) is 51.1 Å². The van der Waals surface area contributed by atoms with Crippen molar-refractivity contribution in [1.82, 2.24) is 19.5 Å². The predicted molar refractivity (Wildman–Crippen MR) is 142 cm³/mol. The molecule has 35 heavy (non-hydrogen) atoms. The Morgan fingerprint density at radius 1 is 1.06 bits per heavy atom. The Kier molecular flexibility index (Phi) is 8.87. The van der Waals surface area contributed by atoms with E-state index in [4.69, 9.17) is 5.10 Å². The second-order valence-corrected chi connectivity index (χ2v) is 9.62. The Balaban J connectivity index is 2.09. The second kappa shape index (κ2) is 11.6. The third-order valence-electron chi connectivity index (χ3n) is 6.54. The van der Waals surface area contributed by atoms with E-state index in [-0.39, 0.29) is 17.8 Å². The van der Waals surface area contributed by atoms with E-state index < -0.39 is 0 Å². The van der Waals surface area contributed by atoms with Gasteiger partial charge in [0.15, 0.2) is 5.65 Å². The van der Waals surface area contributed by atoms with Gasteiger partial charge in [-0.2, -0.15) is 5.10 Å². The molecule has 1 amide bonds. The standard InChI is InChI=1S/C28H40FN5O/c1-8-14-33(20(7)9-2)28(35)26-17-22(15-19(5)6)34-27(30-26)18-25(31-34)23-13-12-21(16-24(23)29)32(10-3)11-4/h12-13,16-20H,8-11,14-15H2,1-7H3/t20-/m1/s1. The minimum absolute atomic E-state index is 0.0637. The molecule has 3 rings (SSSR count). The van der Waals surface area contributed by atoms with E-state index in [1.54, 1.807) is 22.7 Å². The van der Waals surface area contributed by atoms with Crippen LogP contribution in [0.15, 0.2) is 30.3 Å². The van der Waals surface area contributed by atoms with Crippen LogP contribution in [0, 0.1) is 11.7 Å². The highest BCUT2D eigenvalue weighted by molar-refractivity contribution is 5.93. The van der Waals surface area contributed by atoms with Crippen molar-refractivity contribution in [2.45, 2.75) is 73.8 Å². The third kappa shape index (κ3) is 5.82. The maximum atomic E-state index is 15.2. The zero-order valence-electron chi connectivity index (χ0n) is 22.3. The molecule has 0 N–H and O–H groups in total. The molecular formula is C28H40FN5O. The first-order chi connectivity index (χ1) is 16.7. The third-order valence-corrected chi connectivity index (χ3v) is 6.54. The van der Waals surface area contributed by atoms with Gasteiger partial charge in [0.2, 0.25) is 0 Å². The lowest BCUT2D eigenvalue weighted by molar-refractivity contribution is 0.0682. The van der Waals surface area contributed by atoms with Crippen LogP contribution in [0.5, 0.6) is 0 Å². The molecule has 0 bridgehead atoms. The fraction of sp³-hybridized carbons (Fsp3) is 0.536. The first-order valence-corrected chi connectivity index (χ1v) is 13.0. The van der Waals surface area contributed by atoms with Gasteiger partial charge in [-0.05, 0) is 70.2 Å². The summed E-state index contributed by atoms with van der Waals surface area (Å²) in [4.78, 5) is 22.2. The van der Waals surface area contributed by atoms with Crippen molar-refractivity contribution >= 4 is 17.2 Å². The van der Waals surface area contributed by atoms with Crippen LogP contribution in [0.3, 0.4) is 0 Å². The number of benzene rings is 1. The molecule has 1 aromatic carbocycles. The Labute approximate surface area is 209 Å². The zero-order valence-corrected chi connectivity index (χ0v) is 22.3. The maximum Gasteiger partial charge on any atom is 0.272 e. The molecule has 0 aliphatic rings. The summed E-state index contributed by atoms with van der Waals surface area (Å²) in [6.07, 6.45) is 2.50. The van der Waals surface area contributed by atoms with Gasteiger partial charge in [-0.15, -0.1) is 0 Å². The molecule has 7 heteroatoms. The van der Waals surface area contributed by atoms with Crippen molar-refractivity contribution in [2.75, 3.05) is 24.5 Å². The number of amides is 1. The highest BCUT2D eigenvalue weighted by atomic mass is 19.1. The molecule has 2 aromatic heterocycles. The van der Waals surface area contributed by atoms with Gasteiger partial charge in [0, 0.05) is 48.7 Å². The Morgan fingerprint density at radius 2 is 1.77 bits per heavy atom. The number of hydrogen-bond acceptors (Lipinski definition) is 4. The minimum Gasteiger partial charge on any atom is -0.372 e. The van der Waals surface area contributed by atoms with Gasteiger partial charge in [0.25, 0.3) is 5.91 Å². The molecule has 1 atom stereocenters. The summed E-state index contributed by atoms with van der Waals surface area (Å²) >= 11 is 0. The van der Waals surface area contributed by atoms with Gasteiger partial charge in [0.1, 0.15) is 11.5 Å². The summed E-state index contributed by atoms with van der Waals surface area (Å²) in [6.45, 7) is 16.9. The van der Waals surface area contributed by atoms with E-state index in [1.807, 2.05) is 17.0 Å². The van der Waals surface area contributed by atoms with Crippen LogP contribution in [0.1, 0.15) is 77.5 Å². The molecule has 190 valence electrons. The van der Waals surface area contributed by atoms with Crippen molar-refractivity contribution in [3.63, 3.8) is 0 Å². The van der Waals surface area contributed by atoms with Crippen molar-refractivity contribution in [3.8, 4) is 11.3 Å². The summed E-state index contributed by atoms with van der Waals surface area (Å²) in [5.41, 5.74) is 3.69. The Hall–Kier alpha value is -2.96. The molecular weight excluding hydrogens is 441 g/mol. The van der Waals surface area contributed by atoms with Gasteiger partial charge in [-0.3, -0.25) is 4.79 Å². The number of halogens is 1. The predicted octanol–water partition coefficient (Wildman–Crippen LogP) is 6.23. The van der Waals surface area contributed by atoms with Crippen molar-refractivity contribution in [3.05, 3.63) is 47.5 Å². The highest BCUT2D eigenvalue weighted by Crippen LogP contribution is 2.28. The van der Waals surface area contributed by atoms with Crippen LogP contribution < -0.4 is 4.90 Å². The monoisotopic (exact) mass is 481 g/mol. The molecule has 0 saturated carbocycles. The lowest BCUT2D eigenvalue weighted by Gasteiger charge is -2.28. The molecule has 0 fully saturated rings. The van der Waals surface area contributed by atoms with E-state index in [1.165, 1.54) is 0 Å². The normalized spacial score (nSPS) is 12.4. The fourth-order valence-electron chi connectivity index (χ4n) is 4.47. The van der Waals surface area contributed by atoms with Crippen LogP contribution in [0.2, 0.25) is 0 Å². The maximum absolute atomic E-state index is 15.2. The van der Waals surface area contributed by atoms with Crippen LogP contribution in [-0.2, 0) is 6.42 Å². The number of nitrogens with zero attached hydrogens (tertiary/aromatic N) is 5. The smallest absolute Gasteiger partial charge is 0.272 e. The van der Waals surface area contributed by atoms with Gasteiger partial charge < -0.3 is 9.80 Å². The van der Waals surface area contributed by atoms with E-state index >= 15 is 4.39 Å². The van der Waals surface area contributed by atoms with Crippen LogP contribution >= 0.6 is 0 Å². The molecule has 0 aliphatic heterocycles. The minimum atomic E-state index is -0.314. The number of fused-ring (bicyclic) bond motifs is 1. The molecule has 3 aromatic rings. The summed E-state index contributed by atoms with van der Waals surface area (Å²) in [5.74, 6) is -0.0146. The van der Waals surface area contributed by atoms with Gasteiger partial charge in [-0.1, -0.05) is 27.7 Å². The number of hydrogen-bond donors (Lipinski definition) is 0. The van der Waals surface area contributed by atoms with E-state index in [0.717, 1.165) is 43.7 Å². The van der Waals surface area contributed by atoms with E-state index in [2.05, 4.69) is 58.4 Å². The van der Waals surface area contributed by atoms with Gasteiger partial charge in [-0.25, -0.2) is 13.9 Å². The first kappa shape index (κ1) is 26.6. The van der Waals surface area contributed by atoms with Crippen molar-refractivity contribution < 1.29 is 9.18 Å². The zero-order chi connectivity index (χ0) is 25.7. The molecule has 6 nitrogen and oxygen atoms in total. The van der Waals surface area contributed by atoms with Gasteiger partial charge >= 0.3 is 0 Å². The van der Waals surface area contributed by atoms with E-state index in [0.29, 0.717) is 35.1 Å². The number of rotatable bonds is 11. The first-order valence-electron chi connectivity index (χ1n) is 13.0. The Morgan fingerprint density at radius 3 is 2.34 bits per heavy atom. The number of carbonyl (C=O) groups is 1. The quantitative estimate of drug-likeness (QED) is 0.326. The van der Waals surface area contributed by atoms with Gasteiger partial charge in [0.05, 0.1) is 5.69 Å². The summed E-state index contributed by atoms with van der Waals surface area (Å²) < 4.78 is 16.9. The average Bonchev–Trinajstić information content (AvgIpc) is 3.26. The largest absolute Gasteiger partial charge is 0.372 e. The van der Waals surface area contributed by atoms with Crippen molar-refractivity contribution in [1.29, 1.82) is 0 Å². The number of anilines is 1.